The number of aromatic nitrogens is 3. The number of thioether (sulfide) groups is 1. The monoisotopic (exact) mass is 489 g/mol. The number of nitrogens with zero attached hydrogens (tertiary/aromatic N) is 4. The molecule has 5 rings (SSSR count). The van der Waals surface area contributed by atoms with Gasteiger partial charge in [-0.15, -0.1) is 10.2 Å². The molecule has 9 heteroatoms. The molecule has 0 bridgehead atoms. The SMILES string of the molecule is Cc1ccc(-c2nnc(SCC(=O)N3CC(=O)Nc4ccccc43)n2-c2ccc(Cl)cc2)cc1. The number of anilines is 2. The second-order valence-electron chi connectivity index (χ2n) is 7.82. The first-order chi connectivity index (χ1) is 16.5. The summed E-state index contributed by atoms with van der Waals surface area (Å²) in [6, 6.07) is 22.7. The Hall–Kier alpha value is -3.62. The van der Waals surface area contributed by atoms with Crippen LogP contribution < -0.4 is 10.2 Å². The fraction of sp³-hybridized carbons (Fsp3) is 0.120. The highest BCUT2D eigenvalue weighted by Crippen LogP contribution is 2.32. The van der Waals surface area contributed by atoms with Gasteiger partial charge < -0.3 is 10.2 Å². The number of benzene rings is 3. The van der Waals surface area contributed by atoms with Crippen molar-refractivity contribution in [3.8, 4) is 17.1 Å². The van der Waals surface area contributed by atoms with Crippen LogP contribution in [0.2, 0.25) is 5.02 Å². The van der Waals surface area contributed by atoms with Crippen LogP contribution in [0.1, 0.15) is 5.56 Å². The molecule has 0 fully saturated rings. The van der Waals surface area contributed by atoms with Crippen LogP contribution in [-0.4, -0.2) is 38.9 Å². The summed E-state index contributed by atoms with van der Waals surface area (Å²) in [7, 11) is 0. The fourth-order valence-electron chi connectivity index (χ4n) is 3.74. The van der Waals surface area contributed by atoms with E-state index in [0.29, 0.717) is 27.4 Å². The molecule has 2 amide bonds. The Labute approximate surface area is 205 Å². The summed E-state index contributed by atoms with van der Waals surface area (Å²) < 4.78 is 1.91. The zero-order valence-corrected chi connectivity index (χ0v) is 19.8. The van der Waals surface area contributed by atoms with Crippen molar-refractivity contribution >= 4 is 46.6 Å². The van der Waals surface area contributed by atoms with Gasteiger partial charge >= 0.3 is 0 Å². The lowest BCUT2D eigenvalue weighted by Gasteiger charge is -2.29. The van der Waals surface area contributed by atoms with Crippen LogP contribution in [0.15, 0.2) is 78.0 Å². The smallest absolute Gasteiger partial charge is 0.244 e. The molecule has 1 aromatic heterocycles. The van der Waals surface area contributed by atoms with Gasteiger partial charge in [-0.1, -0.05) is 65.3 Å². The average molecular weight is 490 g/mol. The molecule has 2 heterocycles. The van der Waals surface area contributed by atoms with Gasteiger partial charge in [-0.25, -0.2) is 0 Å². The van der Waals surface area contributed by atoms with E-state index in [4.69, 9.17) is 11.6 Å². The van der Waals surface area contributed by atoms with E-state index < -0.39 is 0 Å². The van der Waals surface area contributed by atoms with Crippen molar-refractivity contribution in [2.75, 3.05) is 22.5 Å². The first-order valence-corrected chi connectivity index (χ1v) is 12.0. The number of aryl methyl sites for hydroxylation is 1. The summed E-state index contributed by atoms with van der Waals surface area (Å²) >= 11 is 7.38. The summed E-state index contributed by atoms with van der Waals surface area (Å²) in [4.78, 5) is 26.8. The highest BCUT2D eigenvalue weighted by molar-refractivity contribution is 7.99. The summed E-state index contributed by atoms with van der Waals surface area (Å²) in [5.41, 5.74) is 4.21. The number of hydrogen-bond acceptors (Lipinski definition) is 5. The van der Waals surface area contributed by atoms with E-state index in [-0.39, 0.29) is 24.1 Å². The zero-order chi connectivity index (χ0) is 23.7. The molecular weight excluding hydrogens is 470 g/mol. The molecule has 0 aliphatic carbocycles. The summed E-state index contributed by atoms with van der Waals surface area (Å²) in [5, 5.41) is 12.8. The lowest BCUT2D eigenvalue weighted by atomic mass is 10.1. The van der Waals surface area contributed by atoms with Crippen molar-refractivity contribution < 1.29 is 9.59 Å². The normalized spacial score (nSPS) is 12.9. The molecule has 170 valence electrons. The molecule has 7 nitrogen and oxygen atoms in total. The van der Waals surface area contributed by atoms with E-state index >= 15 is 0 Å². The number of carbonyl (C=O) groups is 2. The van der Waals surface area contributed by atoms with Crippen molar-refractivity contribution in [1.29, 1.82) is 0 Å². The number of hydrogen-bond donors (Lipinski definition) is 1. The molecule has 0 unspecified atom stereocenters. The standard InChI is InChI=1S/C25H20ClN5O2S/c1-16-6-8-17(9-7-16)24-28-29-25(31(24)19-12-10-18(26)11-13-19)34-15-23(33)30-14-22(32)27-20-4-2-3-5-21(20)30/h2-13H,14-15H2,1H3,(H,27,32). The van der Waals surface area contributed by atoms with Gasteiger partial charge in [-0.3, -0.25) is 14.2 Å². The molecule has 4 aromatic rings. The third kappa shape index (κ3) is 4.42. The first kappa shape index (κ1) is 22.2. The number of para-hydroxylation sites is 2. The Morgan fingerprint density at radius 1 is 1.03 bits per heavy atom. The van der Waals surface area contributed by atoms with E-state index in [0.717, 1.165) is 16.8 Å². The lowest BCUT2D eigenvalue weighted by molar-refractivity contribution is -0.120. The molecular formula is C25H20ClN5O2S. The van der Waals surface area contributed by atoms with Crippen molar-refractivity contribution in [1.82, 2.24) is 14.8 Å². The predicted octanol–water partition coefficient (Wildman–Crippen LogP) is 4.97. The molecule has 1 aliphatic heterocycles. The van der Waals surface area contributed by atoms with Gasteiger partial charge in [0.2, 0.25) is 11.8 Å². The predicted molar refractivity (Wildman–Crippen MR) is 135 cm³/mol. The molecule has 0 spiro atoms. The van der Waals surface area contributed by atoms with Crippen LogP contribution in [0.4, 0.5) is 11.4 Å². The molecule has 0 saturated heterocycles. The third-order valence-corrected chi connectivity index (χ3v) is 6.59. The highest BCUT2D eigenvalue weighted by atomic mass is 35.5. The number of halogens is 1. The maximum Gasteiger partial charge on any atom is 0.244 e. The lowest BCUT2D eigenvalue weighted by Crippen LogP contribution is -2.43. The molecule has 1 N–H and O–H groups in total. The van der Waals surface area contributed by atoms with Gasteiger partial charge in [0, 0.05) is 16.3 Å². The third-order valence-electron chi connectivity index (χ3n) is 5.42. The van der Waals surface area contributed by atoms with E-state index in [9.17, 15) is 9.59 Å². The molecule has 1 aliphatic rings. The van der Waals surface area contributed by atoms with Gasteiger partial charge in [-0.2, -0.15) is 0 Å². The van der Waals surface area contributed by atoms with Crippen LogP contribution in [0.25, 0.3) is 17.1 Å². The largest absolute Gasteiger partial charge is 0.323 e. The maximum atomic E-state index is 13.1. The highest BCUT2D eigenvalue weighted by Gasteiger charge is 2.27. The van der Waals surface area contributed by atoms with Crippen LogP contribution in [-0.2, 0) is 9.59 Å². The van der Waals surface area contributed by atoms with E-state index in [2.05, 4.69) is 15.5 Å². The van der Waals surface area contributed by atoms with E-state index in [1.54, 1.807) is 18.2 Å². The minimum atomic E-state index is -0.219. The molecule has 0 atom stereocenters. The van der Waals surface area contributed by atoms with E-state index in [1.165, 1.54) is 16.7 Å². The second kappa shape index (κ2) is 9.32. The van der Waals surface area contributed by atoms with Crippen molar-refractivity contribution in [3.05, 3.63) is 83.4 Å². The summed E-state index contributed by atoms with van der Waals surface area (Å²) in [5.74, 6) is 0.360. The Balaban J connectivity index is 1.45. The van der Waals surface area contributed by atoms with Gasteiger partial charge in [0.05, 0.1) is 17.1 Å². The topological polar surface area (TPSA) is 80.1 Å². The number of rotatable bonds is 5. The van der Waals surface area contributed by atoms with Gasteiger partial charge in [0.25, 0.3) is 0 Å². The Kier molecular flexibility index (Phi) is 6.08. The van der Waals surface area contributed by atoms with Gasteiger partial charge in [-0.05, 0) is 43.3 Å². The van der Waals surface area contributed by atoms with E-state index in [1.807, 2.05) is 66.1 Å². The van der Waals surface area contributed by atoms with Crippen LogP contribution in [0, 0.1) is 6.92 Å². The first-order valence-electron chi connectivity index (χ1n) is 10.6. The minimum absolute atomic E-state index is 0.0190. The van der Waals surface area contributed by atoms with Crippen LogP contribution in [0.5, 0.6) is 0 Å². The second-order valence-corrected chi connectivity index (χ2v) is 9.20. The zero-order valence-electron chi connectivity index (χ0n) is 18.2. The number of fused-ring (bicyclic) bond motifs is 1. The number of nitrogens with one attached hydrogen (secondary N) is 1. The van der Waals surface area contributed by atoms with Crippen molar-refractivity contribution in [2.24, 2.45) is 0 Å². The number of carbonyl (C=O) groups excluding carboxylic acids is 2. The summed E-state index contributed by atoms with van der Waals surface area (Å²) in [6.45, 7) is 2.01. The Morgan fingerprint density at radius 3 is 2.53 bits per heavy atom. The maximum absolute atomic E-state index is 13.1. The van der Waals surface area contributed by atoms with Crippen molar-refractivity contribution in [3.63, 3.8) is 0 Å². The molecule has 0 saturated carbocycles. The Morgan fingerprint density at radius 2 is 1.76 bits per heavy atom. The minimum Gasteiger partial charge on any atom is -0.323 e. The summed E-state index contributed by atoms with van der Waals surface area (Å²) in [6.07, 6.45) is 0. The average Bonchev–Trinajstić information content (AvgIpc) is 3.27. The van der Waals surface area contributed by atoms with Gasteiger partial charge in [0.15, 0.2) is 11.0 Å². The quantitative estimate of drug-likeness (QED) is 0.400. The molecule has 0 radical (unpaired) electrons. The number of amides is 2. The fourth-order valence-corrected chi connectivity index (χ4v) is 4.69. The van der Waals surface area contributed by atoms with Gasteiger partial charge in [0.1, 0.15) is 6.54 Å². The van der Waals surface area contributed by atoms with Crippen molar-refractivity contribution in [2.45, 2.75) is 12.1 Å². The van der Waals surface area contributed by atoms with Crippen LogP contribution >= 0.6 is 23.4 Å². The Bertz CT molecular complexity index is 1370. The molecule has 3 aromatic carbocycles. The molecule has 34 heavy (non-hydrogen) atoms. The van der Waals surface area contributed by atoms with Crippen LogP contribution in [0.3, 0.4) is 0 Å².